The van der Waals surface area contributed by atoms with Crippen LogP contribution in [0.3, 0.4) is 0 Å². The van der Waals surface area contributed by atoms with Gasteiger partial charge in [-0.15, -0.1) is 0 Å². The first-order valence-corrected chi connectivity index (χ1v) is 7.03. The average Bonchev–Trinajstić information content (AvgIpc) is 2.45. The molecule has 0 saturated heterocycles. The van der Waals surface area contributed by atoms with Gasteiger partial charge in [-0.3, -0.25) is 0 Å². The molecule has 0 radical (unpaired) electrons. The standard InChI is InChI=1S/C16H20N2O3/c1-4-21-16(20)14-11(3)12-7-5-6-8-13(12)18-15(14)17-9-10(2)19/h5-8,10,19H,4,9H2,1-3H3,(H,17,18)/t10-/m1/s1. The van der Waals surface area contributed by atoms with Crippen LogP contribution in [0, 0.1) is 6.92 Å². The first-order valence-electron chi connectivity index (χ1n) is 7.03. The van der Waals surface area contributed by atoms with Crippen LogP contribution in [0.1, 0.15) is 29.8 Å². The molecule has 1 atom stereocenters. The predicted molar refractivity (Wildman–Crippen MR) is 82.6 cm³/mol. The molecule has 21 heavy (non-hydrogen) atoms. The molecule has 1 aromatic carbocycles. The smallest absolute Gasteiger partial charge is 0.342 e. The second kappa shape index (κ2) is 6.54. The van der Waals surface area contributed by atoms with Crippen LogP contribution in [0.4, 0.5) is 5.82 Å². The van der Waals surface area contributed by atoms with Gasteiger partial charge in [0.25, 0.3) is 0 Å². The van der Waals surface area contributed by atoms with E-state index in [1.807, 2.05) is 31.2 Å². The third kappa shape index (κ3) is 3.31. The van der Waals surface area contributed by atoms with Gasteiger partial charge >= 0.3 is 5.97 Å². The molecule has 112 valence electrons. The van der Waals surface area contributed by atoms with E-state index in [4.69, 9.17) is 4.74 Å². The summed E-state index contributed by atoms with van der Waals surface area (Å²) in [6, 6.07) is 7.63. The third-order valence-electron chi connectivity index (χ3n) is 3.20. The maximum absolute atomic E-state index is 12.2. The van der Waals surface area contributed by atoms with Crippen molar-refractivity contribution in [1.29, 1.82) is 0 Å². The van der Waals surface area contributed by atoms with Crippen molar-refractivity contribution in [2.75, 3.05) is 18.5 Å². The number of aliphatic hydroxyl groups excluding tert-OH is 1. The average molecular weight is 288 g/mol. The number of aromatic nitrogens is 1. The van der Waals surface area contributed by atoms with Crippen LogP contribution in [-0.2, 0) is 4.74 Å². The number of aryl methyl sites for hydroxylation is 1. The zero-order chi connectivity index (χ0) is 15.4. The summed E-state index contributed by atoms with van der Waals surface area (Å²) in [6.45, 7) is 5.94. The van der Waals surface area contributed by atoms with Crippen molar-refractivity contribution in [3.63, 3.8) is 0 Å². The highest BCUT2D eigenvalue weighted by Gasteiger charge is 2.19. The summed E-state index contributed by atoms with van der Waals surface area (Å²) < 4.78 is 5.12. The highest BCUT2D eigenvalue weighted by molar-refractivity contribution is 6.02. The van der Waals surface area contributed by atoms with E-state index in [0.29, 0.717) is 24.5 Å². The van der Waals surface area contributed by atoms with Crippen molar-refractivity contribution in [1.82, 2.24) is 4.98 Å². The maximum atomic E-state index is 12.2. The van der Waals surface area contributed by atoms with Gasteiger partial charge < -0.3 is 15.2 Å². The van der Waals surface area contributed by atoms with Gasteiger partial charge in [0.2, 0.25) is 0 Å². The number of hydrogen-bond donors (Lipinski definition) is 2. The van der Waals surface area contributed by atoms with E-state index in [1.165, 1.54) is 0 Å². The third-order valence-corrected chi connectivity index (χ3v) is 3.20. The van der Waals surface area contributed by atoms with E-state index in [1.54, 1.807) is 13.8 Å². The summed E-state index contributed by atoms with van der Waals surface area (Å²) >= 11 is 0. The van der Waals surface area contributed by atoms with Crippen LogP contribution in [0.25, 0.3) is 10.9 Å². The van der Waals surface area contributed by atoms with Gasteiger partial charge in [0.1, 0.15) is 11.4 Å². The molecule has 0 fully saturated rings. The molecule has 1 heterocycles. The molecule has 5 heteroatoms. The lowest BCUT2D eigenvalue weighted by molar-refractivity contribution is 0.0526. The van der Waals surface area contributed by atoms with Crippen LogP contribution in [0.5, 0.6) is 0 Å². The normalized spacial score (nSPS) is 12.2. The molecular weight excluding hydrogens is 268 g/mol. The lowest BCUT2D eigenvalue weighted by Crippen LogP contribution is -2.19. The van der Waals surface area contributed by atoms with E-state index in [2.05, 4.69) is 10.3 Å². The zero-order valence-corrected chi connectivity index (χ0v) is 12.5. The van der Waals surface area contributed by atoms with Crippen LogP contribution < -0.4 is 5.32 Å². The highest BCUT2D eigenvalue weighted by Crippen LogP contribution is 2.26. The number of pyridine rings is 1. The Morgan fingerprint density at radius 1 is 1.43 bits per heavy atom. The number of para-hydroxylation sites is 1. The SMILES string of the molecule is CCOC(=O)c1c(NC[C@@H](C)O)nc2ccccc2c1C. The quantitative estimate of drug-likeness (QED) is 0.827. The van der Waals surface area contributed by atoms with E-state index in [-0.39, 0.29) is 0 Å². The van der Waals surface area contributed by atoms with Gasteiger partial charge in [-0.2, -0.15) is 0 Å². The number of hydrogen-bond acceptors (Lipinski definition) is 5. The van der Waals surface area contributed by atoms with Crippen molar-refractivity contribution >= 4 is 22.7 Å². The van der Waals surface area contributed by atoms with Crippen LogP contribution >= 0.6 is 0 Å². The number of ether oxygens (including phenoxy) is 1. The van der Waals surface area contributed by atoms with E-state index in [0.717, 1.165) is 16.5 Å². The fraction of sp³-hybridized carbons (Fsp3) is 0.375. The Kier molecular flexibility index (Phi) is 4.75. The van der Waals surface area contributed by atoms with E-state index in [9.17, 15) is 9.90 Å². The first kappa shape index (κ1) is 15.3. The molecule has 2 aromatic rings. The Morgan fingerprint density at radius 3 is 2.81 bits per heavy atom. The van der Waals surface area contributed by atoms with Gasteiger partial charge in [-0.25, -0.2) is 9.78 Å². The lowest BCUT2D eigenvalue weighted by atomic mass is 10.0. The fourth-order valence-corrected chi connectivity index (χ4v) is 2.20. The molecule has 0 aliphatic rings. The summed E-state index contributed by atoms with van der Waals surface area (Å²) in [5.41, 5.74) is 2.06. The second-order valence-corrected chi connectivity index (χ2v) is 4.93. The molecule has 2 rings (SSSR count). The van der Waals surface area contributed by atoms with Crippen molar-refractivity contribution in [3.8, 4) is 0 Å². The number of anilines is 1. The maximum Gasteiger partial charge on any atom is 0.342 e. The molecule has 0 unspecified atom stereocenters. The Balaban J connectivity index is 2.56. The number of rotatable bonds is 5. The largest absolute Gasteiger partial charge is 0.462 e. The molecule has 1 aromatic heterocycles. The van der Waals surface area contributed by atoms with Gasteiger partial charge in [0, 0.05) is 11.9 Å². The molecule has 5 nitrogen and oxygen atoms in total. The van der Waals surface area contributed by atoms with E-state index >= 15 is 0 Å². The number of esters is 1. The zero-order valence-electron chi connectivity index (χ0n) is 12.5. The number of aliphatic hydroxyl groups is 1. The molecule has 0 bridgehead atoms. The number of nitrogens with one attached hydrogen (secondary N) is 1. The van der Waals surface area contributed by atoms with Gasteiger partial charge in [0.05, 0.1) is 18.2 Å². The highest BCUT2D eigenvalue weighted by atomic mass is 16.5. The summed E-state index contributed by atoms with van der Waals surface area (Å²) in [5.74, 6) is 0.0481. The molecule has 0 aliphatic carbocycles. The summed E-state index contributed by atoms with van der Waals surface area (Å²) in [7, 11) is 0. The van der Waals surface area contributed by atoms with Crippen molar-refractivity contribution in [2.24, 2.45) is 0 Å². The Hall–Kier alpha value is -2.14. The van der Waals surface area contributed by atoms with Crippen molar-refractivity contribution in [3.05, 3.63) is 35.4 Å². The summed E-state index contributed by atoms with van der Waals surface area (Å²) in [6.07, 6.45) is -0.534. The van der Waals surface area contributed by atoms with Gasteiger partial charge in [-0.05, 0) is 32.4 Å². The minimum atomic E-state index is -0.534. The topological polar surface area (TPSA) is 71.5 Å². The number of carbonyl (C=O) groups is 1. The molecule has 0 saturated carbocycles. The number of benzene rings is 1. The van der Waals surface area contributed by atoms with Gasteiger partial charge in [0.15, 0.2) is 0 Å². The first-order chi connectivity index (χ1) is 10.0. The van der Waals surface area contributed by atoms with E-state index < -0.39 is 12.1 Å². The number of nitrogens with zero attached hydrogens (tertiary/aromatic N) is 1. The van der Waals surface area contributed by atoms with Gasteiger partial charge in [-0.1, -0.05) is 18.2 Å². The fourth-order valence-electron chi connectivity index (χ4n) is 2.20. The Labute approximate surface area is 124 Å². The van der Waals surface area contributed by atoms with Crippen LogP contribution in [0.15, 0.2) is 24.3 Å². The van der Waals surface area contributed by atoms with Crippen molar-refractivity contribution < 1.29 is 14.6 Å². The molecule has 0 amide bonds. The number of carbonyl (C=O) groups excluding carboxylic acids is 1. The molecule has 0 spiro atoms. The number of fused-ring (bicyclic) bond motifs is 1. The second-order valence-electron chi connectivity index (χ2n) is 4.93. The minimum absolute atomic E-state index is 0.306. The lowest BCUT2D eigenvalue weighted by Gasteiger charge is -2.15. The minimum Gasteiger partial charge on any atom is -0.462 e. The molecule has 2 N–H and O–H groups in total. The predicted octanol–water partition coefficient (Wildman–Crippen LogP) is 2.51. The molecular formula is C16H20N2O3. The Bertz CT molecular complexity index is 653. The monoisotopic (exact) mass is 288 g/mol. The Morgan fingerprint density at radius 2 is 2.14 bits per heavy atom. The van der Waals surface area contributed by atoms with Crippen molar-refractivity contribution in [2.45, 2.75) is 26.9 Å². The van der Waals surface area contributed by atoms with Crippen LogP contribution in [-0.4, -0.2) is 35.3 Å². The molecule has 0 aliphatic heterocycles. The van der Waals surface area contributed by atoms with Crippen LogP contribution in [0.2, 0.25) is 0 Å². The summed E-state index contributed by atoms with van der Waals surface area (Å²) in [4.78, 5) is 16.7. The summed E-state index contributed by atoms with van der Waals surface area (Å²) in [5, 5.41) is 13.4.